The standard InChI is InChI=1S/C24H25NO3S/c1-3-29(27,28)22-17-11-10-16-21(22)23(26)25-18-24(2,19-12-6-4-7-13-19)20-14-8-5-9-15-20/h4-17H,3,18H2,1-2H3,(H,25,26). The van der Waals surface area contributed by atoms with E-state index in [1.54, 1.807) is 25.1 Å². The summed E-state index contributed by atoms with van der Waals surface area (Å²) in [6, 6.07) is 26.3. The van der Waals surface area contributed by atoms with Crippen molar-refractivity contribution < 1.29 is 13.2 Å². The van der Waals surface area contributed by atoms with Gasteiger partial charge >= 0.3 is 0 Å². The van der Waals surface area contributed by atoms with Crippen LogP contribution in [0.2, 0.25) is 0 Å². The van der Waals surface area contributed by atoms with Crippen molar-refractivity contribution >= 4 is 15.7 Å². The fraction of sp³-hybridized carbons (Fsp3) is 0.208. The Kier molecular flexibility index (Phi) is 6.18. The minimum Gasteiger partial charge on any atom is -0.351 e. The van der Waals surface area contributed by atoms with Crippen LogP contribution < -0.4 is 5.32 Å². The van der Waals surface area contributed by atoms with Crippen LogP contribution in [0.25, 0.3) is 0 Å². The predicted molar refractivity (Wildman–Crippen MR) is 116 cm³/mol. The SMILES string of the molecule is CCS(=O)(=O)c1ccccc1C(=O)NCC(C)(c1ccccc1)c1ccccc1. The van der Waals surface area contributed by atoms with Gasteiger partial charge in [0, 0.05) is 12.0 Å². The average molecular weight is 408 g/mol. The molecule has 150 valence electrons. The first-order valence-electron chi connectivity index (χ1n) is 9.59. The van der Waals surface area contributed by atoms with Gasteiger partial charge in [-0.15, -0.1) is 0 Å². The third-order valence-electron chi connectivity index (χ3n) is 5.27. The summed E-state index contributed by atoms with van der Waals surface area (Å²) in [7, 11) is -3.49. The molecule has 0 saturated carbocycles. The Hall–Kier alpha value is -2.92. The lowest BCUT2D eigenvalue weighted by atomic mass is 9.76. The van der Waals surface area contributed by atoms with E-state index < -0.39 is 21.2 Å². The van der Waals surface area contributed by atoms with Crippen molar-refractivity contribution in [1.29, 1.82) is 0 Å². The van der Waals surface area contributed by atoms with Crippen LogP contribution in [0, 0.1) is 0 Å². The van der Waals surface area contributed by atoms with Crippen LogP contribution in [0.4, 0.5) is 0 Å². The Bertz CT molecular complexity index is 1040. The molecule has 0 saturated heterocycles. The molecule has 0 heterocycles. The van der Waals surface area contributed by atoms with Crippen LogP contribution in [-0.2, 0) is 15.3 Å². The van der Waals surface area contributed by atoms with Gasteiger partial charge < -0.3 is 5.32 Å². The Morgan fingerprint density at radius 2 is 1.31 bits per heavy atom. The highest BCUT2D eigenvalue weighted by Crippen LogP contribution is 2.31. The lowest BCUT2D eigenvalue weighted by Gasteiger charge is -2.31. The Morgan fingerprint density at radius 1 is 0.828 bits per heavy atom. The zero-order valence-electron chi connectivity index (χ0n) is 16.6. The van der Waals surface area contributed by atoms with E-state index in [-0.39, 0.29) is 16.2 Å². The van der Waals surface area contributed by atoms with E-state index in [0.29, 0.717) is 6.54 Å². The zero-order chi connectivity index (χ0) is 20.9. The maximum atomic E-state index is 13.0. The molecule has 0 spiro atoms. The van der Waals surface area contributed by atoms with E-state index in [4.69, 9.17) is 0 Å². The van der Waals surface area contributed by atoms with Gasteiger partial charge in [0.15, 0.2) is 9.84 Å². The second-order valence-corrected chi connectivity index (χ2v) is 9.39. The van der Waals surface area contributed by atoms with Gasteiger partial charge in [-0.1, -0.05) is 79.7 Å². The molecule has 1 N–H and O–H groups in total. The van der Waals surface area contributed by atoms with Crippen molar-refractivity contribution in [2.45, 2.75) is 24.2 Å². The summed E-state index contributed by atoms with van der Waals surface area (Å²) in [5.74, 6) is -0.445. The van der Waals surface area contributed by atoms with Crippen LogP contribution >= 0.6 is 0 Å². The van der Waals surface area contributed by atoms with Crippen LogP contribution in [0.3, 0.4) is 0 Å². The van der Waals surface area contributed by atoms with E-state index in [2.05, 4.69) is 12.2 Å². The van der Waals surface area contributed by atoms with Crippen molar-refractivity contribution in [3.05, 3.63) is 102 Å². The Labute approximate surface area is 172 Å². The number of sulfone groups is 1. The molecule has 3 aromatic carbocycles. The second-order valence-electron chi connectivity index (χ2n) is 7.15. The minimum atomic E-state index is -3.49. The van der Waals surface area contributed by atoms with Gasteiger partial charge in [-0.05, 0) is 30.2 Å². The van der Waals surface area contributed by atoms with E-state index in [1.165, 1.54) is 6.07 Å². The van der Waals surface area contributed by atoms with Crippen molar-refractivity contribution in [3.63, 3.8) is 0 Å². The summed E-state index contributed by atoms with van der Waals surface area (Å²) in [6.45, 7) is 3.99. The summed E-state index contributed by atoms with van der Waals surface area (Å²) in [4.78, 5) is 13.0. The van der Waals surface area contributed by atoms with Crippen LogP contribution in [0.5, 0.6) is 0 Å². The van der Waals surface area contributed by atoms with Crippen LogP contribution in [-0.4, -0.2) is 26.6 Å². The summed E-state index contributed by atoms with van der Waals surface area (Å²) in [5.41, 5.74) is 1.86. The summed E-state index contributed by atoms with van der Waals surface area (Å²) >= 11 is 0. The largest absolute Gasteiger partial charge is 0.351 e. The number of benzene rings is 3. The molecule has 4 nitrogen and oxygen atoms in total. The number of carbonyl (C=O) groups excluding carboxylic acids is 1. The first-order valence-corrected chi connectivity index (χ1v) is 11.2. The number of rotatable bonds is 7. The van der Waals surface area contributed by atoms with Crippen LogP contribution in [0.1, 0.15) is 35.3 Å². The third-order valence-corrected chi connectivity index (χ3v) is 7.06. The summed E-state index contributed by atoms with van der Waals surface area (Å²) in [6.07, 6.45) is 0. The highest BCUT2D eigenvalue weighted by Gasteiger charge is 2.30. The van der Waals surface area contributed by atoms with Gasteiger partial charge in [0.05, 0.1) is 16.2 Å². The lowest BCUT2D eigenvalue weighted by molar-refractivity contribution is 0.0944. The lowest BCUT2D eigenvalue weighted by Crippen LogP contribution is -2.40. The number of hydrogen-bond donors (Lipinski definition) is 1. The molecule has 3 aromatic rings. The average Bonchev–Trinajstić information content (AvgIpc) is 2.78. The molecule has 0 aliphatic rings. The first kappa shape index (κ1) is 20.8. The first-order chi connectivity index (χ1) is 13.9. The van der Waals surface area contributed by atoms with Gasteiger partial charge in [0.25, 0.3) is 5.91 Å². The van der Waals surface area contributed by atoms with Gasteiger partial charge in [0.2, 0.25) is 0 Å². The molecule has 0 aliphatic heterocycles. The van der Waals surface area contributed by atoms with Gasteiger partial charge in [-0.2, -0.15) is 0 Å². The normalized spacial score (nSPS) is 11.8. The zero-order valence-corrected chi connectivity index (χ0v) is 17.4. The van der Waals surface area contributed by atoms with Crippen molar-refractivity contribution in [2.75, 3.05) is 12.3 Å². The molecule has 0 radical (unpaired) electrons. The summed E-state index contributed by atoms with van der Waals surface area (Å²) < 4.78 is 24.8. The monoisotopic (exact) mass is 407 g/mol. The van der Waals surface area contributed by atoms with Gasteiger partial charge in [-0.25, -0.2) is 8.42 Å². The summed E-state index contributed by atoms with van der Waals surface area (Å²) in [5, 5.41) is 2.97. The van der Waals surface area contributed by atoms with E-state index >= 15 is 0 Å². The van der Waals surface area contributed by atoms with E-state index in [1.807, 2.05) is 60.7 Å². The van der Waals surface area contributed by atoms with Crippen molar-refractivity contribution in [3.8, 4) is 0 Å². The molecule has 0 aliphatic carbocycles. The van der Waals surface area contributed by atoms with Crippen molar-refractivity contribution in [1.82, 2.24) is 5.32 Å². The third kappa shape index (κ3) is 4.40. The van der Waals surface area contributed by atoms with E-state index in [0.717, 1.165) is 11.1 Å². The molecule has 1 amide bonds. The Balaban J connectivity index is 1.93. The molecule has 5 heteroatoms. The number of carbonyl (C=O) groups is 1. The highest BCUT2D eigenvalue weighted by atomic mass is 32.2. The molecule has 29 heavy (non-hydrogen) atoms. The number of amides is 1. The number of nitrogens with one attached hydrogen (secondary N) is 1. The highest BCUT2D eigenvalue weighted by molar-refractivity contribution is 7.91. The predicted octanol–water partition coefficient (Wildman–Crippen LogP) is 4.22. The molecular formula is C24H25NO3S. The Morgan fingerprint density at radius 3 is 1.83 bits per heavy atom. The topological polar surface area (TPSA) is 63.2 Å². The smallest absolute Gasteiger partial charge is 0.252 e. The second kappa shape index (κ2) is 8.62. The van der Waals surface area contributed by atoms with Gasteiger partial charge in [-0.3, -0.25) is 4.79 Å². The maximum Gasteiger partial charge on any atom is 0.252 e. The molecule has 0 bridgehead atoms. The van der Waals surface area contributed by atoms with Gasteiger partial charge in [0.1, 0.15) is 0 Å². The molecular weight excluding hydrogens is 382 g/mol. The molecule has 0 fully saturated rings. The quantitative estimate of drug-likeness (QED) is 0.638. The van der Waals surface area contributed by atoms with E-state index in [9.17, 15) is 13.2 Å². The number of hydrogen-bond acceptors (Lipinski definition) is 3. The molecule has 0 unspecified atom stereocenters. The van der Waals surface area contributed by atoms with Crippen LogP contribution in [0.15, 0.2) is 89.8 Å². The molecule has 0 aromatic heterocycles. The van der Waals surface area contributed by atoms with Crippen molar-refractivity contribution in [2.24, 2.45) is 0 Å². The fourth-order valence-electron chi connectivity index (χ4n) is 3.42. The maximum absolute atomic E-state index is 13.0. The fourth-order valence-corrected chi connectivity index (χ4v) is 4.51. The molecule has 3 rings (SSSR count). The minimum absolute atomic E-state index is 0.0525. The molecule has 0 atom stereocenters.